The van der Waals surface area contributed by atoms with Crippen LogP contribution in [0.25, 0.3) is 0 Å². The van der Waals surface area contributed by atoms with Crippen LogP contribution in [0.15, 0.2) is 59.7 Å². The highest BCUT2D eigenvalue weighted by molar-refractivity contribution is 14.1. The van der Waals surface area contributed by atoms with Crippen molar-refractivity contribution in [1.82, 2.24) is 5.43 Å². The van der Waals surface area contributed by atoms with E-state index in [0.717, 1.165) is 29.6 Å². The summed E-state index contributed by atoms with van der Waals surface area (Å²) in [6.45, 7) is 0.447. The summed E-state index contributed by atoms with van der Waals surface area (Å²) in [6.07, 6.45) is 1.78. The molecule has 3 rings (SSSR count). The van der Waals surface area contributed by atoms with Gasteiger partial charge in [-0.05, 0) is 98.3 Å². The summed E-state index contributed by atoms with van der Waals surface area (Å²) < 4.78 is 18.4. The molecule has 9 heteroatoms. The minimum absolute atomic E-state index is 0.171. The Labute approximate surface area is 224 Å². The van der Waals surface area contributed by atoms with E-state index in [-0.39, 0.29) is 12.3 Å². The Morgan fingerprint density at radius 3 is 2.24 bits per heavy atom. The van der Waals surface area contributed by atoms with E-state index in [0.29, 0.717) is 23.1 Å². The number of nitrogens with zero attached hydrogens (tertiary/aromatic N) is 1. The zero-order chi connectivity index (χ0) is 23.8. The minimum atomic E-state index is -0.231. The molecule has 172 valence electrons. The van der Waals surface area contributed by atoms with Crippen LogP contribution in [-0.2, 0) is 17.8 Å². The first-order valence-electron chi connectivity index (χ1n) is 9.78. The van der Waals surface area contributed by atoms with Crippen LogP contribution in [0.1, 0.15) is 16.7 Å². The Hall–Kier alpha value is -2.05. The molecule has 0 unspecified atom stereocenters. The maximum Gasteiger partial charge on any atom is 0.244 e. The molecule has 0 aliphatic heterocycles. The molecule has 3 aromatic rings. The largest absolute Gasteiger partial charge is 0.493 e. The van der Waals surface area contributed by atoms with E-state index in [4.69, 9.17) is 25.8 Å². The predicted molar refractivity (Wildman–Crippen MR) is 147 cm³/mol. The van der Waals surface area contributed by atoms with Crippen molar-refractivity contribution in [3.05, 3.63) is 83.5 Å². The number of methoxy groups -OCH3 is 2. The SMILES string of the molecule is COc1ccc(CC(=O)N/N=C/c2cc(I)c(OCc3ccc(Cl)cc3)c(I)c2)cc1OC. The fourth-order valence-corrected chi connectivity index (χ4v) is 5.18. The Bertz CT molecular complexity index is 1130. The highest BCUT2D eigenvalue weighted by Crippen LogP contribution is 2.30. The molecule has 0 aromatic heterocycles. The van der Waals surface area contributed by atoms with Crippen LogP contribution in [0.4, 0.5) is 0 Å². The molecule has 6 nitrogen and oxygen atoms in total. The lowest BCUT2D eigenvalue weighted by Gasteiger charge is -2.11. The molecule has 0 atom stereocenters. The quantitative estimate of drug-likeness (QED) is 0.174. The fourth-order valence-electron chi connectivity index (χ4n) is 2.92. The lowest BCUT2D eigenvalue weighted by Crippen LogP contribution is -2.19. The number of carbonyl (C=O) groups excluding carboxylic acids is 1. The van der Waals surface area contributed by atoms with Gasteiger partial charge in [-0.15, -0.1) is 0 Å². The van der Waals surface area contributed by atoms with Crippen LogP contribution in [0.5, 0.6) is 17.2 Å². The molecule has 33 heavy (non-hydrogen) atoms. The van der Waals surface area contributed by atoms with Crippen molar-refractivity contribution >= 4 is 68.9 Å². The van der Waals surface area contributed by atoms with Crippen molar-refractivity contribution in [3.63, 3.8) is 0 Å². The normalized spacial score (nSPS) is 10.8. The number of hydrogen-bond donors (Lipinski definition) is 1. The van der Waals surface area contributed by atoms with Crippen molar-refractivity contribution in [2.45, 2.75) is 13.0 Å². The highest BCUT2D eigenvalue weighted by Gasteiger charge is 2.10. The molecular weight excluding hydrogens is 670 g/mol. The van der Waals surface area contributed by atoms with Gasteiger partial charge in [-0.1, -0.05) is 29.8 Å². The zero-order valence-corrected chi connectivity index (χ0v) is 23.0. The molecule has 0 spiro atoms. The second-order valence-electron chi connectivity index (χ2n) is 6.89. The average molecular weight is 691 g/mol. The summed E-state index contributed by atoms with van der Waals surface area (Å²) in [7, 11) is 3.13. The van der Waals surface area contributed by atoms with Crippen LogP contribution in [0.3, 0.4) is 0 Å². The third-order valence-electron chi connectivity index (χ3n) is 4.53. The predicted octanol–water partition coefficient (Wildman–Crippen LogP) is 5.84. The number of rotatable bonds is 9. The standard InChI is InChI=1S/C24H21ClI2N2O4/c1-31-21-8-5-16(11-22(21)32-2)12-23(30)29-28-13-17-9-19(26)24(20(27)10-17)33-14-15-3-6-18(25)7-4-15/h3-11,13H,12,14H2,1-2H3,(H,29,30)/b28-13+. The molecule has 0 radical (unpaired) electrons. The molecule has 0 aliphatic rings. The van der Waals surface area contributed by atoms with Crippen LogP contribution in [-0.4, -0.2) is 26.3 Å². The Morgan fingerprint density at radius 2 is 1.61 bits per heavy atom. The van der Waals surface area contributed by atoms with Crippen molar-refractivity contribution in [2.24, 2.45) is 5.10 Å². The van der Waals surface area contributed by atoms with Gasteiger partial charge in [-0.2, -0.15) is 5.10 Å². The van der Waals surface area contributed by atoms with Crippen LogP contribution >= 0.6 is 56.8 Å². The number of hydrazone groups is 1. The van der Waals surface area contributed by atoms with Crippen molar-refractivity contribution in [1.29, 1.82) is 0 Å². The maximum absolute atomic E-state index is 12.3. The van der Waals surface area contributed by atoms with Gasteiger partial charge in [0.25, 0.3) is 0 Å². The van der Waals surface area contributed by atoms with Gasteiger partial charge in [-0.3, -0.25) is 4.79 Å². The topological polar surface area (TPSA) is 69.2 Å². The van der Waals surface area contributed by atoms with Gasteiger partial charge >= 0.3 is 0 Å². The number of amides is 1. The van der Waals surface area contributed by atoms with Crippen molar-refractivity contribution in [3.8, 4) is 17.2 Å². The van der Waals surface area contributed by atoms with E-state index in [1.807, 2.05) is 42.5 Å². The summed E-state index contributed by atoms with van der Waals surface area (Å²) in [5.74, 6) is 1.77. The fraction of sp³-hybridized carbons (Fsp3) is 0.167. The Balaban J connectivity index is 1.58. The van der Waals surface area contributed by atoms with Gasteiger partial charge in [0, 0.05) is 5.02 Å². The second kappa shape index (κ2) is 12.4. The van der Waals surface area contributed by atoms with Crippen LogP contribution < -0.4 is 19.6 Å². The van der Waals surface area contributed by atoms with Gasteiger partial charge in [0.2, 0.25) is 5.91 Å². The van der Waals surface area contributed by atoms with E-state index >= 15 is 0 Å². The summed E-state index contributed by atoms with van der Waals surface area (Å²) in [5.41, 5.74) is 5.25. The van der Waals surface area contributed by atoms with E-state index in [9.17, 15) is 4.79 Å². The molecule has 0 saturated heterocycles. The first-order chi connectivity index (χ1) is 15.9. The van der Waals surface area contributed by atoms with E-state index in [1.165, 1.54) is 0 Å². The average Bonchev–Trinajstić information content (AvgIpc) is 2.79. The monoisotopic (exact) mass is 690 g/mol. The number of nitrogens with one attached hydrogen (secondary N) is 1. The minimum Gasteiger partial charge on any atom is -0.493 e. The summed E-state index contributed by atoms with van der Waals surface area (Å²) in [4.78, 5) is 12.3. The van der Waals surface area contributed by atoms with Gasteiger partial charge in [0.05, 0.1) is 34.0 Å². The van der Waals surface area contributed by atoms with Gasteiger partial charge in [-0.25, -0.2) is 5.43 Å². The van der Waals surface area contributed by atoms with Crippen LogP contribution in [0.2, 0.25) is 5.02 Å². The molecule has 0 saturated carbocycles. The van der Waals surface area contributed by atoms with Crippen molar-refractivity contribution < 1.29 is 19.0 Å². The number of ether oxygens (including phenoxy) is 3. The molecule has 0 aliphatic carbocycles. The highest BCUT2D eigenvalue weighted by atomic mass is 127. The smallest absolute Gasteiger partial charge is 0.244 e. The molecule has 1 amide bonds. The number of benzene rings is 3. The van der Waals surface area contributed by atoms with Gasteiger partial charge < -0.3 is 14.2 Å². The van der Waals surface area contributed by atoms with E-state index in [2.05, 4.69) is 55.7 Å². The number of halogens is 3. The zero-order valence-electron chi connectivity index (χ0n) is 17.9. The molecule has 1 N–H and O–H groups in total. The van der Waals surface area contributed by atoms with E-state index in [1.54, 1.807) is 32.6 Å². The summed E-state index contributed by atoms with van der Waals surface area (Å²) in [5, 5.41) is 4.78. The molecule has 0 bridgehead atoms. The molecular formula is C24H21ClI2N2O4. The number of carbonyl (C=O) groups is 1. The lowest BCUT2D eigenvalue weighted by atomic mass is 10.1. The molecule has 3 aromatic carbocycles. The third kappa shape index (κ3) is 7.47. The Kier molecular flexibility index (Phi) is 9.63. The Morgan fingerprint density at radius 1 is 0.970 bits per heavy atom. The third-order valence-corrected chi connectivity index (χ3v) is 6.39. The first kappa shape index (κ1) is 25.6. The first-order valence-corrected chi connectivity index (χ1v) is 12.3. The molecule has 0 fully saturated rings. The summed E-state index contributed by atoms with van der Waals surface area (Å²) in [6, 6.07) is 16.8. The molecule has 0 heterocycles. The van der Waals surface area contributed by atoms with Gasteiger partial charge in [0.1, 0.15) is 12.4 Å². The maximum atomic E-state index is 12.3. The van der Waals surface area contributed by atoms with Crippen LogP contribution in [0, 0.1) is 7.14 Å². The van der Waals surface area contributed by atoms with Crippen molar-refractivity contribution in [2.75, 3.05) is 14.2 Å². The summed E-state index contributed by atoms with van der Waals surface area (Å²) >= 11 is 10.4. The lowest BCUT2D eigenvalue weighted by molar-refractivity contribution is -0.120. The van der Waals surface area contributed by atoms with E-state index < -0.39 is 0 Å². The number of hydrogen-bond acceptors (Lipinski definition) is 5. The van der Waals surface area contributed by atoms with Gasteiger partial charge in [0.15, 0.2) is 11.5 Å². The second-order valence-corrected chi connectivity index (χ2v) is 9.65.